The van der Waals surface area contributed by atoms with Gasteiger partial charge in [0.15, 0.2) is 0 Å². The topological polar surface area (TPSA) is 24.5 Å². The van der Waals surface area contributed by atoms with Crippen molar-refractivity contribution in [3.63, 3.8) is 0 Å². The second kappa shape index (κ2) is 5.74. The molecule has 2 aliphatic rings. The number of hydrogen-bond donors (Lipinski definition) is 1. The molecule has 0 amide bonds. The van der Waals surface area contributed by atoms with E-state index in [1.54, 1.807) is 7.11 Å². The van der Waals surface area contributed by atoms with Crippen LogP contribution in [0.15, 0.2) is 18.2 Å². The molecule has 0 saturated heterocycles. The zero-order valence-electron chi connectivity index (χ0n) is 12.9. The molecule has 1 saturated carbocycles. The second-order valence-electron chi connectivity index (χ2n) is 6.10. The maximum absolute atomic E-state index is 5.37. The molecule has 0 heterocycles. The predicted octanol–water partition coefficient (Wildman–Crippen LogP) is 2.75. The van der Waals surface area contributed by atoms with Crippen molar-refractivity contribution in [3.8, 4) is 5.75 Å². The fraction of sp³-hybridized carbons (Fsp3) is 0.647. The minimum Gasteiger partial charge on any atom is -0.497 e. The number of benzene rings is 1. The Morgan fingerprint density at radius 1 is 1.30 bits per heavy atom. The van der Waals surface area contributed by atoms with Crippen molar-refractivity contribution in [1.82, 2.24) is 10.2 Å². The summed E-state index contributed by atoms with van der Waals surface area (Å²) in [5.74, 6) is 0.980. The lowest BCUT2D eigenvalue weighted by Crippen LogP contribution is -2.46. The first-order chi connectivity index (χ1) is 9.74. The number of nitrogens with zero attached hydrogens (tertiary/aromatic N) is 1. The Hall–Kier alpha value is -1.06. The fourth-order valence-corrected chi connectivity index (χ4v) is 3.56. The molecule has 20 heavy (non-hydrogen) atoms. The first kappa shape index (κ1) is 13.9. The standard InChI is InChI=1S/C17H26N2O/c1-4-18-17-15-9-8-14(20-3)11-12(15)5-10-16(17)19(2)13-6-7-13/h8-9,11,13,16-18H,4-7,10H2,1-3H3. The van der Waals surface area contributed by atoms with Crippen molar-refractivity contribution in [2.45, 2.75) is 50.7 Å². The van der Waals surface area contributed by atoms with Gasteiger partial charge in [0.25, 0.3) is 0 Å². The van der Waals surface area contributed by atoms with Crippen LogP contribution < -0.4 is 10.1 Å². The van der Waals surface area contributed by atoms with E-state index in [0.29, 0.717) is 12.1 Å². The first-order valence-corrected chi connectivity index (χ1v) is 7.86. The monoisotopic (exact) mass is 274 g/mol. The van der Waals surface area contributed by atoms with Gasteiger partial charge in [-0.2, -0.15) is 0 Å². The highest BCUT2D eigenvalue weighted by molar-refractivity contribution is 5.40. The largest absolute Gasteiger partial charge is 0.497 e. The Balaban J connectivity index is 1.88. The van der Waals surface area contributed by atoms with Crippen LogP contribution in [0.1, 0.15) is 43.4 Å². The van der Waals surface area contributed by atoms with Crippen LogP contribution in [-0.4, -0.2) is 37.7 Å². The number of aryl methyl sites for hydroxylation is 1. The second-order valence-corrected chi connectivity index (χ2v) is 6.10. The lowest BCUT2D eigenvalue weighted by atomic mass is 9.83. The summed E-state index contributed by atoms with van der Waals surface area (Å²) in [6.45, 7) is 3.22. The number of rotatable bonds is 5. The van der Waals surface area contributed by atoms with Gasteiger partial charge in [-0.1, -0.05) is 13.0 Å². The zero-order chi connectivity index (χ0) is 14.1. The maximum Gasteiger partial charge on any atom is 0.119 e. The highest BCUT2D eigenvalue weighted by Gasteiger charge is 2.37. The number of likely N-dealkylation sites (N-methyl/N-ethyl adjacent to an activating group) is 2. The molecule has 2 aliphatic carbocycles. The number of nitrogens with one attached hydrogen (secondary N) is 1. The maximum atomic E-state index is 5.37. The third kappa shape index (κ3) is 2.57. The van der Waals surface area contributed by atoms with Crippen molar-refractivity contribution >= 4 is 0 Å². The summed E-state index contributed by atoms with van der Waals surface area (Å²) in [6.07, 6.45) is 5.16. The van der Waals surface area contributed by atoms with Crippen LogP contribution in [0.25, 0.3) is 0 Å². The average Bonchev–Trinajstić information content (AvgIpc) is 3.31. The van der Waals surface area contributed by atoms with Crippen LogP contribution in [0.4, 0.5) is 0 Å². The number of ether oxygens (including phenoxy) is 1. The van der Waals surface area contributed by atoms with Gasteiger partial charge in [-0.25, -0.2) is 0 Å². The predicted molar refractivity (Wildman–Crippen MR) is 82.3 cm³/mol. The van der Waals surface area contributed by atoms with Gasteiger partial charge in [0.2, 0.25) is 0 Å². The summed E-state index contributed by atoms with van der Waals surface area (Å²) in [7, 11) is 4.05. The van der Waals surface area contributed by atoms with Crippen LogP contribution in [-0.2, 0) is 6.42 Å². The van der Waals surface area contributed by atoms with Crippen LogP contribution in [0.2, 0.25) is 0 Å². The fourth-order valence-electron chi connectivity index (χ4n) is 3.56. The summed E-state index contributed by atoms with van der Waals surface area (Å²) in [5, 5.41) is 3.71. The average molecular weight is 274 g/mol. The van der Waals surface area contributed by atoms with E-state index in [4.69, 9.17) is 4.74 Å². The zero-order valence-corrected chi connectivity index (χ0v) is 12.9. The number of fused-ring (bicyclic) bond motifs is 1. The van der Waals surface area contributed by atoms with E-state index in [2.05, 4.69) is 42.4 Å². The van der Waals surface area contributed by atoms with E-state index >= 15 is 0 Å². The molecule has 2 atom stereocenters. The summed E-state index contributed by atoms with van der Waals surface area (Å²) >= 11 is 0. The molecule has 110 valence electrons. The summed E-state index contributed by atoms with van der Waals surface area (Å²) in [5.41, 5.74) is 2.92. The van der Waals surface area contributed by atoms with E-state index in [-0.39, 0.29) is 0 Å². The van der Waals surface area contributed by atoms with Gasteiger partial charge in [-0.3, -0.25) is 4.90 Å². The molecule has 3 nitrogen and oxygen atoms in total. The summed E-state index contributed by atoms with van der Waals surface area (Å²) in [4.78, 5) is 2.61. The minimum atomic E-state index is 0.459. The molecule has 1 fully saturated rings. The molecule has 0 aliphatic heterocycles. The van der Waals surface area contributed by atoms with Gasteiger partial charge in [0.05, 0.1) is 7.11 Å². The SMILES string of the molecule is CCNC1c2ccc(OC)cc2CCC1N(C)C1CC1. The van der Waals surface area contributed by atoms with E-state index < -0.39 is 0 Å². The van der Waals surface area contributed by atoms with Gasteiger partial charge >= 0.3 is 0 Å². The highest BCUT2D eigenvalue weighted by atomic mass is 16.5. The molecular weight excluding hydrogens is 248 g/mol. The van der Waals surface area contributed by atoms with Gasteiger partial charge in [0, 0.05) is 18.1 Å². The van der Waals surface area contributed by atoms with Crippen molar-refractivity contribution in [2.24, 2.45) is 0 Å². The molecule has 3 rings (SSSR count). The Morgan fingerprint density at radius 2 is 2.10 bits per heavy atom. The number of methoxy groups -OCH3 is 1. The van der Waals surface area contributed by atoms with Crippen molar-refractivity contribution < 1.29 is 4.74 Å². The van der Waals surface area contributed by atoms with Gasteiger partial charge in [-0.05, 0) is 62.5 Å². The van der Waals surface area contributed by atoms with Crippen LogP contribution >= 0.6 is 0 Å². The van der Waals surface area contributed by atoms with E-state index in [1.807, 2.05) is 0 Å². The Labute approximate surface area is 122 Å². The lowest BCUT2D eigenvalue weighted by Gasteiger charge is -2.40. The Kier molecular flexibility index (Phi) is 3.99. The molecular formula is C17H26N2O. The summed E-state index contributed by atoms with van der Waals surface area (Å²) in [6, 6.07) is 8.48. The molecule has 0 radical (unpaired) electrons. The smallest absolute Gasteiger partial charge is 0.119 e. The van der Waals surface area contributed by atoms with Crippen LogP contribution in [0.3, 0.4) is 0 Å². The molecule has 0 aromatic heterocycles. The van der Waals surface area contributed by atoms with Gasteiger partial charge < -0.3 is 10.1 Å². The van der Waals surface area contributed by atoms with Gasteiger partial charge in [0.1, 0.15) is 5.75 Å². The van der Waals surface area contributed by atoms with Crippen molar-refractivity contribution in [2.75, 3.05) is 20.7 Å². The quantitative estimate of drug-likeness (QED) is 0.893. The molecule has 1 aromatic carbocycles. The van der Waals surface area contributed by atoms with E-state index in [1.165, 1.54) is 30.4 Å². The third-order valence-electron chi connectivity index (χ3n) is 4.85. The van der Waals surface area contributed by atoms with E-state index in [0.717, 1.165) is 24.8 Å². The molecule has 1 aromatic rings. The number of hydrogen-bond acceptors (Lipinski definition) is 3. The molecule has 3 heteroatoms. The van der Waals surface area contributed by atoms with Crippen molar-refractivity contribution in [3.05, 3.63) is 29.3 Å². The Bertz CT molecular complexity index is 470. The lowest BCUT2D eigenvalue weighted by molar-refractivity contribution is 0.165. The highest BCUT2D eigenvalue weighted by Crippen LogP contribution is 2.38. The van der Waals surface area contributed by atoms with Crippen LogP contribution in [0, 0.1) is 0 Å². The first-order valence-electron chi connectivity index (χ1n) is 7.86. The molecule has 0 spiro atoms. The minimum absolute atomic E-state index is 0.459. The van der Waals surface area contributed by atoms with Crippen LogP contribution in [0.5, 0.6) is 5.75 Å². The molecule has 0 bridgehead atoms. The third-order valence-corrected chi connectivity index (χ3v) is 4.85. The van der Waals surface area contributed by atoms with Gasteiger partial charge in [-0.15, -0.1) is 0 Å². The molecule has 1 N–H and O–H groups in total. The van der Waals surface area contributed by atoms with E-state index in [9.17, 15) is 0 Å². The molecule has 2 unspecified atom stereocenters. The Morgan fingerprint density at radius 3 is 2.75 bits per heavy atom. The van der Waals surface area contributed by atoms with Crippen molar-refractivity contribution in [1.29, 1.82) is 0 Å². The normalized spacial score (nSPS) is 25.6. The summed E-state index contributed by atoms with van der Waals surface area (Å²) < 4.78 is 5.37.